The molecule has 10 aliphatic rings. The number of hydrogen-bond acceptors (Lipinski definition) is 19. The summed E-state index contributed by atoms with van der Waals surface area (Å²) in [5, 5.41) is 9.38. The SMILES string of the molecule is C(COCC1CO1)OCC1CO1.ClCC1CO1.OC(COCC1CO1)COCC1CO1.c1cc(N(CC2CO2)CC2CO2)ccc1OCC1CO1.c1cc(OCC2CO2)cc(OCC2CO2)c1. The molecule has 2 aromatic rings. The van der Waals surface area contributed by atoms with E-state index in [-0.39, 0.29) is 24.4 Å². The van der Waals surface area contributed by atoms with Crippen LogP contribution in [0.15, 0.2) is 48.5 Å². The summed E-state index contributed by atoms with van der Waals surface area (Å²) in [5.74, 6) is 3.21. The van der Waals surface area contributed by atoms with Crippen LogP contribution in [0.5, 0.6) is 17.2 Å². The minimum Gasteiger partial charge on any atom is -0.491 e. The normalized spacial score (nSPS) is 30.1. The van der Waals surface area contributed by atoms with Gasteiger partial charge in [-0.2, -0.15) is 0 Å². The Morgan fingerprint density at radius 1 is 0.448 bits per heavy atom. The van der Waals surface area contributed by atoms with Gasteiger partial charge in [0.25, 0.3) is 0 Å². The molecule has 10 unspecified atom stereocenters. The van der Waals surface area contributed by atoms with Crippen molar-refractivity contribution in [1.29, 1.82) is 0 Å². The minimum absolute atomic E-state index is 0.253. The number of hydrogen-bond donors (Lipinski definition) is 1. The molecule has 2 aromatic carbocycles. The highest BCUT2D eigenvalue weighted by molar-refractivity contribution is 6.18. The van der Waals surface area contributed by atoms with Gasteiger partial charge in [0.05, 0.1) is 143 Å². The van der Waals surface area contributed by atoms with Gasteiger partial charge >= 0.3 is 0 Å². The van der Waals surface area contributed by atoms with Crippen molar-refractivity contribution in [2.75, 3.05) is 163 Å². The van der Waals surface area contributed by atoms with Crippen molar-refractivity contribution >= 4 is 17.3 Å². The topological polar surface area (TPSA) is 213 Å². The summed E-state index contributed by atoms with van der Waals surface area (Å²) >= 11 is 5.27. The Kier molecular flexibility index (Phi) is 20.9. The zero-order chi connectivity index (χ0) is 45.9. The number of epoxide rings is 10. The van der Waals surface area contributed by atoms with Gasteiger partial charge in [-0.1, -0.05) is 6.07 Å². The van der Waals surface area contributed by atoms with Crippen LogP contribution in [0, 0.1) is 0 Å². The summed E-state index contributed by atoms with van der Waals surface area (Å²) < 4.78 is 88.3. The molecule has 0 aromatic heterocycles. The van der Waals surface area contributed by atoms with Crippen LogP contribution in [0.1, 0.15) is 0 Å². The summed E-state index contributed by atoms with van der Waals surface area (Å²) in [6.07, 6.45) is 2.70. The summed E-state index contributed by atoms with van der Waals surface area (Å²) in [7, 11) is 0. The first-order chi connectivity index (χ1) is 33.0. The summed E-state index contributed by atoms with van der Waals surface area (Å²) in [6.45, 7) is 16.7. The Morgan fingerprint density at radius 3 is 1.13 bits per heavy atom. The van der Waals surface area contributed by atoms with Crippen LogP contribution >= 0.6 is 11.6 Å². The van der Waals surface area contributed by atoms with E-state index >= 15 is 0 Å². The van der Waals surface area contributed by atoms with Crippen LogP contribution in [-0.2, 0) is 66.3 Å². The number of halogens is 1. The maximum Gasteiger partial charge on any atom is 0.123 e. The molecule has 12 rings (SSSR count). The molecule has 0 bridgehead atoms. The third kappa shape index (κ3) is 25.1. The Morgan fingerprint density at radius 2 is 0.791 bits per heavy atom. The number of rotatable bonds is 30. The number of anilines is 1. The molecule has 376 valence electrons. The molecule has 20 heteroatoms. The average Bonchev–Trinajstić information content (AvgIpc) is 4.16. The van der Waals surface area contributed by atoms with Crippen LogP contribution in [0.25, 0.3) is 0 Å². The fourth-order valence-electron chi connectivity index (χ4n) is 5.67. The predicted molar refractivity (Wildman–Crippen MR) is 239 cm³/mol. The third-order valence-electron chi connectivity index (χ3n) is 10.6. The van der Waals surface area contributed by atoms with Crippen molar-refractivity contribution in [2.24, 2.45) is 0 Å². The van der Waals surface area contributed by atoms with Gasteiger partial charge in [0.15, 0.2) is 0 Å². The highest BCUT2D eigenvalue weighted by atomic mass is 35.5. The highest BCUT2D eigenvalue weighted by Crippen LogP contribution is 2.26. The number of nitrogens with zero attached hydrogens (tertiary/aromatic N) is 1. The Labute approximate surface area is 397 Å². The van der Waals surface area contributed by atoms with E-state index in [0.717, 1.165) is 96.4 Å². The van der Waals surface area contributed by atoms with E-state index in [2.05, 4.69) is 17.0 Å². The van der Waals surface area contributed by atoms with Crippen molar-refractivity contribution in [2.45, 2.75) is 67.1 Å². The molecular weight excluding hydrogens is 902 g/mol. The van der Waals surface area contributed by atoms with Gasteiger partial charge in [-0.3, -0.25) is 0 Å². The Bertz CT molecular complexity index is 1570. The van der Waals surface area contributed by atoms with Crippen LogP contribution in [0.2, 0.25) is 0 Å². The molecule has 0 amide bonds. The first-order valence-corrected chi connectivity index (χ1v) is 24.1. The van der Waals surface area contributed by atoms with Gasteiger partial charge in [0.2, 0.25) is 0 Å². The first-order valence-electron chi connectivity index (χ1n) is 23.5. The summed E-state index contributed by atoms with van der Waals surface area (Å²) in [4.78, 5) is 2.34. The quantitative estimate of drug-likeness (QED) is 0.0673. The Hall–Kier alpha value is -2.67. The van der Waals surface area contributed by atoms with E-state index in [1.54, 1.807) is 0 Å². The van der Waals surface area contributed by atoms with Gasteiger partial charge < -0.3 is 90.5 Å². The maximum absolute atomic E-state index is 9.38. The van der Waals surface area contributed by atoms with Crippen molar-refractivity contribution in [3.05, 3.63) is 48.5 Å². The second-order valence-corrected chi connectivity index (χ2v) is 17.7. The Balaban J connectivity index is 0.000000119. The molecule has 0 saturated carbocycles. The van der Waals surface area contributed by atoms with E-state index in [9.17, 15) is 5.11 Å². The van der Waals surface area contributed by atoms with Crippen molar-refractivity contribution in [1.82, 2.24) is 0 Å². The number of aliphatic hydroxyl groups is 1. The van der Waals surface area contributed by atoms with Crippen molar-refractivity contribution in [3.63, 3.8) is 0 Å². The largest absolute Gasteiger partial charge is 0.491 e. The molecule has 10 atom stereocenters. The van der Waals surface area contributed by atoms with Crippen LogP contribution < -0.4 is 19.1 Å². The molecule has 10 saturated heterocycles. The molecular formula is C47H68ClNO18. The third-order valence-corrected chi connectivity index (χ3v) is 10.9. The lowest BCUT2D eigenvalue weighted by molar-refractivity contribution is -0.0239. The number of alkyl halides is 1. The maximum atomic E-state index is 9.38. The van der Waals surface area contributed by atoms with E-state index in [1.165, 1.54) is 5.69 Å². The van der Waals surface area contributed by atoms with E-state index < -0.39 is 6.10 Å². The monoisotopic (exact) mass is 969 g/mol. The minimum atomic E-state index is -0.549. The van der Waals surface area contributed by atoms with E-state index in [1.807, 2.05) is 36.4 Å². The fraction of sp³-hybridized carbons (Fsp3) is 0.745. The van der Waals surface area contributed by atoms with E-state index in [4.69, 9.17) is 92.1 Å². The predicted octanol–water partition coefficient (Wildman–Crippen LogP) is 1.93. The molecule has 0 aliphatic carbocycles. The molecule has 0 spiro atoms. The molecule has 10 fully saturated rings. The second-order valence-electron chi connectivity index (χ2n) is 17.4. The van der Waals surface area contributed by atoms with Gasteiger partial charge in [-0.25, -0.2) is 0 Å². The fourth-order valence-corrected chi connectivity index (χ4v) is 5.85. The molecule has 1 N–H and O–H groups in total. The molecule has 10 aliphatic heterocycles. The number of ether oxygens (including phenoxy) is 17. The van der Waals surface area contributed by atoms with Gasteiger partial charge in [-0.05, 0) is 36.4 Å². The summed E-state index contributed by atoms with van der Waals surface area (Å²) in [5.41, 5.74) is 1.20. The molecule has 0 radical (unpaired) electrons. The standard InChI is InChI=1S/C15H19NO4.C12H14O4.C9H16O5.C8H14O4.C3H5ClO/c1-3-12(17-9-15-10-20-15)4-2-11(1)16(5-13-7-18-13)6-14-8-19-14;1-2-9(13-5-11-7-15-11)4-10(3-1)14-6-12-8-16-12;10-7(1-11-3-8-5-13-8)2-12-4-9-6-14-9;1(9-3-7-5-11-7)2-10-4-8-6-12-8;4-1-3-2-5-3/h1-4,13-15H,5-10H2;1-4,11-12H,5-8H2;7-10H,1-6H2;7-8H,1-6H2;3H,1-2H2. The first kappa shape index (κ1) is 50.7. The lowest BCUT2D eigenvalue weighted by Crippen LogP contribution is -2.31. The second kappa shape index (κ2) is 27.7. The zero-order valence-corrected chi connectivity index (χ0v) is 38.9. The smallest absolute Gasteiger partial charge is 0.123 e. The average molecular weight is 971 g/mol. The molecule has 67 heavy (non-hydrogen) atoms. The van der Waals surface area contributed by atoms with Gasteiger partial charge in [0, 0.05) is 24.8 Å². The zero-order valence-electron chi connectivity index (χ0n) is 38.2. The van der Waals surface area contributed by atoms with Crippen molar-refractivity contribution in [3.8, 4) is 17.2 Å². The van der Waals surface area contributed by atoms with Gasteiger partial charge in [0.1, 0.15) is 85.9 Å². The van der Waals surface area contributed by atoms with Crippen molar-refractivity contribution < 1.29 is 85.6 Å². The summed E-state index contributed by atoms with van der Waals surface area (Å²) in [6, 6.07) is 15.9. The number of aliphatic hydroxyl groups excluding tert-OH is 1. The lowest BCUT2D eigenvalue weighted by atomic mass is 10.2. The van der Waals surface area contributed by atoms with Crippen LogP contribution in [0.3, 0.4) is 0 Å². The van der Waals surface area contributed by atoms with Crippen LogP contribution in [0.4, 0.5) is 5.69 Å². The molecule has 19 nitrogen and oxygen atoms in total. The van der Waals surface area contributed by atoms with Crippen LogP contribution in [-0.4, -0.2) is 230 Å². The molecule has 10 heterocycles. The number of benzene rings is 2. The highest BCUT2D eigenvalue weighted by Gasteiger charge is 2.32. The van der Waals surface area contributed by atoms with E-state index in [0.29, 0.717) is 115 Å². The lowest BCUT2D eigenvalue weighted by Gasteiger charge is -2.23. The van der Waals surface area contributed by atoms with Gasteiger partial charge in [-0.15, -0.1) is 11.6 Å².